The van der Waals surface area contributed by atoms with Gasteiger partial charge < -0.3 is 9.84 Å². The molecule has 6 nitrogen and oxygen atoms in total. The van der Waals surface area contributed by atoms with Crippen molar-refractivity contribution in [1.82, 2.24) is 14.9 Å². The molecule has 1 N–H and O–H groups in total. The number of anilines is 1. The Kier molecular flexibility index (Phi) is 4.40. The third-order valence-corrected chi connectivity index (χ3v) is 4.12. The molecule has 2 aromatic heterocycles. The van der Waals surface area contributed by atoms with Crippen molar-refractivity contribution in [2.75, 3.05) is 5.32 Å². The summed E-state index contributed by atoms with van der Waals surface area (Å²) in [4.78, 5) is 12.3. The molecule has 2 heterocycles. The number of benzene rings is 1. The van der Waals surface area contributed by atoms with Gasteiger partial charge in [0.25, 0.3) is 5.91 Å². The van der Waals surface area contributed by atoms with E-state index >= 15 is 0 Å². The first kappa shape index (κ1) is 16.3. The molecule has 0 aliphatic rings. The Bertz CT molecular complexity index is 898. The lowest BCUT2D eigenvalue weighted by Gasteiger charge is -2.07. The maximum atomic E-state index is 12.3. The van der Waals surface area contributed by atoms with Gasteiger partial charge in [-0.05, 0) is 32.4 Å². The van der Waals surface area contributed by atoms with Crippen LogP contribution in [0.25, 0.3) is 0 Å². The van der Waals surface area contributed by atoms with Crippen molar-refractivity contribution < 1.29 is 9.32 Å². The largest absolute Gasteiger partial charge is 0.351 e. The Morgan fingerprint density at radius 3 is 2.71 bits per heavy atom. The van der Waals surface area contributed by atoms with E-state index in [2.05, 4.69) is 15.6 Å². The van der Waals surface area contributed by atoms with E-state index in [1.807, 2.05) is 42.8 Å². The fourth-order valence-corrected chi connectivity index (χ4v) is 2.66. The third-order valence-electron chi connectivity index (χ3n) is 3.75. The third kappa shape index (κ3) is 3.19. The molecule has 0 fully saturated rings. The highest BCUT2D eigenvalue weighted by Crippen LogP contribution is 2.23. The maximum absolute atomic E-state index is 12.3. The summed E-state index contributed by atoms with van der Waals surface area (Å²) in [5.74, 6) is -0.177. The molecular weight excluding hydrogens is 328 g/mol. The number of aromatic nitrogens is 3. The number of halogens is 1. The quantitative estimate of drug-likeness (QED) is 0.782. The maximum Gasteiger partial charge on any atom is 0.294 e. The van der Waals surface area contributed by atoms with Gasteiger partial charge in [0.2, 0.25) is 5.76 Å². The highest BCUT2D eigenvalue weighted by Gasteiger charge is 2.18. The summed E-state index contributed by atoms with van der Waals surface area (Å²) in [6, 6.07) is 9.21. The van der Waals surface area contributed by atoms with E-state index in [-0.39, 0.29) is 11.7 Å². The van der Waals surface area contributed by atoms with Crippen LogP contribution in [0.2, 0.25) is 5.02 Å². The van der Waals surface area contributed by atoms with Crippen molar-refractivity contribution in [3.8, 4) is 0 Å². The van der Waals surface area contributed by atoms with Crippen LogP contribution in [-0.2, 0) is 6.54 Å². The van der Waals surface area contributed by atoms with E-state index in [1.165, 1.54) is 0 Å². The summed E-state index contributed by atoms with van der Waals surface area (Å²) in [6.45, 7) is 6.04. The Balaban J connectivity index is 1.84. The van der Waals surface area contributed by atoms with Crippen molar-refractivity contribution in [1.29, 1.82) is 0 Å². The molecule has 0 spiro atoms. The number of carbonyl (C=O) groups is 1. The molecule has 3 aromatic rings. The van der Waals surface area contributed by atoms with Crippen molar-refractivity contribution >= 4 is 23.2 Å². The van der Waals surface area contributed by atoms with Gasteiger partial charge in [-0.2, -0.15) is 5.10 Å². The Morgan fingerprint density at radius 1 is 1.29 bits per heavy atom. The van der Waals surface area contributed by atoms with E-state index in [4.69, 9.17) is 16.1 Å². The van der Waals surface area contributed by atoms with Gasteiger partial charge in [0.15, 0.2) is 0 Å². The number of hydrogen-bond acceptors (Lipinski definition) is 4. The smallest absolute Gasteiger partial charge is 0.294 e. The van der Waals surface area contributed by atoms with Crippen molar-refractivity contribution in [2.24, 2.45) is 0 Å². The molecule has 0 bridgehead atoms. The summed E-state index contributed by atoms with van der Waals surface area (Å²) in [6.07, 6.45) is 0. The zero-order valence-corrected chi connectivity index (χ0v) is 14.4. The van der Waals surface area contributed by atoms with Crippen LogP contribution >= 0.6 is 11.6 Å². The zero-order chi connectivity index (χ0) is 17.3. The summed E-state index contributed by atoms with van der Waals surface area (Å²) < 4.78 is 6.81. The van der Waals surface area contributed by atoms with E-state index < -0.39 is 0 Å². The second-order valence-electron chi connectivity index (χ2n) is 5.58. The minimum Gasteiger partial charge on any atom is -0.351 e. The topological polar surface area (TPSA) is 73.0 Å². The van der Waals surface area contributed by atoms with E-state index in [9.17, 15) is 4.79 Å². The first-order valence-electron chi connectivity index (χ1n) is 7.48. The molecule has 3 rings (SSSR count). The van der Waals surface area contributed by atoms with Crippen LogP contribution in [0.1, 0.15) is 33.2 Å². The monoisotopic (exact) mass is 344 g/mol. The molecule has 1 amide bonds. The Morgan fingerprint density at radius 2 is 2.04 bits per heavy atom. The number of aryl methyl sites for hydroxylation is 2. The van der Waals surface area contributed by atoms with E-state index in [0.29, 0.717) is 22.9 Å². The first-order valence-corrected chi connectivity index (χ1v) is 7.85. The lowest BCUT2D eigenvalue weighted by Crippen LogP contribution is -2.12. The Hall–Kier alpha value is -2.60. The molecule has 0 atom stereocenters. The molecule has 0 saturated carbocycles. The normalized spacial score (nSPS) is 10.8. The van der Waals surface area contributed by atoms with Crippen LogP contribution in [0, 0.1) is 20.8 Å². The van der Waals surface area contributed by atoms with Gasteiger partial charge in [-0.1, -0.05) is 35.0 Å². The predicted octanol–water partition coefficient (Wildman–Crippen LogP) is 3.75. The molecule has 7 heteroatoms. The number of amides is 1. The summed E-state index contributed by atoms with van der Waals surface area (Å²) >= 11 is 6.21. The number of carbonyl (C=O) groups excluding carboxylic acids is 1. The molecule has 0 saturated heterocycles. The lowest BCUT2D eigenvalue weighted by atomic mass is 10.2. The standard InChI is InChI=1S/C17H17ClN4O2/c1-10-8-15(24-21-10)17(23)19-16-11(2)20-22(12(16)3)9-13-6-4-5-7-14(13)18/h4-8H,9H2,1-3H3,(H,19,23). The van der Waals surface area contributed by atoms with Crippen LogP contribution in [0.15, 0.2) is 34.9 Å². The fourth-order valence-electron chi connectivity index (χ4n) is 2.47. The van der Waals surface area contributed by atoms with Crippen molar-refractivity contribution in [3.05, 3.63) is 63.8 Å². The predicted molar refractivity (Wildman–Crippen MR) is 91.4 cm³/mol. The molecule has 0 unspecified atom stereocenters. The summed E-state index contributed by atoms with van der Waals surface area (Å²) in [5.41, 5.74) is 3.86. The van der Waals surface area contributed by atoms with Crippen LogP contribution in [0.5, 0.6) is 0 Å². The highest BCUT2D eigenvalue weighted by molar-refractivity contribution is 6.31. The van der Waals surface area contributed by atoms with Gasteiger partial charge >= 0.3 is 0 Å². The second kappa shape index (κ2) is 6.49. The molecule has 124 valence electrons. The number of nitrogens with one attached hydrogen (secondary N) is 1. The van der Waals surface area contributed by atoms with Gasteiger partial charge in [-0.3, -0.25) is 9.48 Å². The minimum absolute atomic E-state index is 0.171. The fraction of sp³-hybridized carbons (Fsp3) is 0.235. The van der Waals surface area contributed by atoms with Crippen LogP contribution in [-0.4, -0.2) is 20.8 Å². The van der Waals surface area contributed by atoms with Crippen molar-refractivity contribution in [2.45, 2.75) is 27.3 Å². The van der Waals surface area contributed by atoms with Crippen LogP contribution in [0.3, 0.4) is 0 Å². The minimum atomic E-state index is -0.348. The van der Waals surface area contributed by atoms with Crippen LogP contribution in [0.4, 0.5) is 5.69 Å². The summed E-state index contributed by atoms with van der Waals surface area (Å²) in [7, 11) is 0. The number of nitrogens with zero attached hydrogens (tertiary/aromatic N) is 3. The SMILES string of the molecule is Cc1cc(C(=O)Nc2c(C)nn(Cc3ccccc3Cl)c2C)on1. The van der Waals surface area contributed by atoms with Gasteiger partial charge in [-0.25, -0.2) is 0 Å². The van der Waals surface area contributed by atoms with Gasteiger partial charge in [0, 0.05) is 11.1 Å². The molecular formula is C17H17ClN4O2. The van der Waals surface area contributed by atoms with Gasteiger partial charge in [0.1, 0.15) is 0 Å². The van der Waals surface area contributed by atoms with E-state index in [0.717, 1.165) is 17.0 Å². The summed E-state index contributed by atoms with van der Waals surface area (Å²) in [5, 5.41) is 11.7. The van der Waals surface area contributed by atoms with Crippen LogP contribution < -0.4 is 5.32 Å². The average molecular weight is 345 g/mol. The molecule has 0 aliphatic carbocycles. The van der Waals surface area contributed by atoms with Gasteiger partial charge in [-0.15, -0.1) is 0 Å². The highest BCUT2D eigenvalue weighted by atomic mass is 35.5. The molecule has 0 radical (unpaired) electrons. The number of hydrogen-bond donors (Lipinski definition) is 1. The Labute approximate surface area is 144 Å². The first-order chi connectivity index (χ1) is 11.5. The molecule has 24 heavy (non-hydrogen) atoms. The second-order valence-corrected chi connectivity index (χ2v) is 5.99. The molecule has 0 aliphatic heterocycles. The lowest BCUT2D eigenvalue weighted by molar-refractivity contribution is 0.0987. The number of rotatable bonds is 4. The van der Waals surface area contributed by atoms with E-state index in [1.54, 1.807) is 13.0 Å². The zero-order valence-electron chi connectivity index (χ0n) is 13.6. The average Bonchev–Trinajstić information content (AvgIpc) is 3.09. The van der Waals surface area contributed by atoms with Crippen molar-refractivity contribution in [3.63, 3.8) is 0 Å². The van der Waals surface area contributed by atoms with Gasteiger partial charge in [0.05, 0.1) is 29.3 Å². The molecule has 1 aromatic carbocycles.